The number of benzene rings is 1. The van der Waals surface area contributed by atoms with E-state index in [0.717, 1.165) is 6.07 Å². The molecule has 0 aromatic heterocycles. The number of nitro benzene ring substituents is 1. The van der Waals surface area contributed by atoms with E-state index >= 15 is 0 Å². The molecule has 0 radical (unpaired) electrons. The van der Waals surface area contributed by atoms with Gasteiger partial charge >= 0.3 is 6.18 Å². The van der Waals surface area contributed by atoms with Crippen molar-refractivity contribution in [1.29, 1.82) is 5.26 Å². The molecule has 0 fully saturated rings. The molecule has 0 spiro atoms. The van der Waals surface area contributed by atoms with E-state index in [1.165, 1.54) is 0 Å². The number of nitrogens with zero attached hydrogens (tertiary/aromatic N) is 2. The van der Waals surface area contributed by atoms with E-state index in [1.54, 1.807) is 0 Å². The molecule has 0 saturated heterocycles. The highest BCUT2D eigenvalue weighted by atomic mass is 19.4. The van der Waals surface area contributed by atoms with Gasteiger partial charge in [0.1, 0.15) is 6.07 Å². The zero-order chi connectivity index (χ0) is 14.1. The third kappa shape index (κ3) is 2.22. The molecule has 1 rings (SSSR count). The van der Waals surface area contributed by atoms with Gasteiger partial charge in [-0.2, -0.15) is 18.4 Å². The van der Waals surface area contributed by atoms with Crippen molar-refractivity contribution < 1.29 is 22.9 Å². The minimum absolute atomic E-state index is 0.490. The van der Waals surface area contributed by atoms with Gasteiger partial charge < -0.3 is 5.73 Å². The van der Waals surface area contributed by atoms with Crippen LogP contribution in [0.25, 0.3) is 0 Å². The van der Waals surface area contributed by atoms with E-state index in [-0.39, 0.29) is 0 Å². The lowest BCUT2D eigenvalue weighted by molar-refractivity contribution is -0.388. The third-order valence-electron chi connectivity index (χ3n) is 2.04. The zero-order valence-corrected chi connectivity index (χ0v) is 8.49. The van der Waals surface area contributed by atoms with Crippen molar-refractivity contribution in [3.63, 3.8) is 0 Å². The number of amides is 1. The summed E-state index contributed by atoms with van der Waals surface area (Å²) < 4.78 is 38.1. The molecule has 0 atom stereocenters. The Bertz CT molecular complexity index is 575. The molecule has 1 aromatic rings. The summed E-state index contributed by atoms with van der Waals surface area (Å²) in [5, 5.41) is 19.1. The van der Waals surface area contributed by atoms with Gasteiger partial charge in [-0.3, -0.25) is 14.9 Å². The number of nitriles is 1. The van der Waals surface area contributed by atoms with Crippen molar-refractivity contribution in [2.45, 2.75) is 6.18 Å². The van der Waals surface area contributed by atoms with Gasteiger partial charge in [0.2, 0.25) is 5.91 Å². The van der Waals surface area contributed by atoms with E-state index in [9.17, 15) is 28.1 Å². The van der Waals surface area contributed by atoms with Crippen LogP contribution in [-0.2, 0) is 6.18 Å². The van der Waals surface area contributed by atoms with Crippen LogP contribution in [0.3, 0.4) is 0 Å². The Labute approximate surface area is 97.6 Å². The lowest BCUT2D eigenvalue weighted by Crippen LogP contribution is -2.18. The predicted octanol–water partition coefficient (Wildman–Crippen LogP) is 1.58. The van der Waals surface area contributed by atoms with Crippen LogP contribution in [0.1, 0.15) is 21.5 Å². The molecule has 1 amide bonds. The van der Waals surface area contributed by atoms with Gasteiger partial charge in [-0.1, -0.05) is 0 Å². The van der Waals surface area contributed by atoms with Crippen molar-refractivity contribution >= 4 is 11.6 Å². The molecule has 0 aliphatic carbocycles. The zero-order valence-electron chi connectivity index (χ0n) is 8.49. The molecule has 0 heterocycles. The predicted molar refractivity (Wildman–Crippen MR) is 51.3 cm³/mol. The highest BCUT2D eigenvalue weighted by molar-refractivity contribution is 5.96. The van der Waals surface area contributed by atoms with Crippen molar-refractivity contribution in [2.75, 3.05) is 0 Å². The van der Waals surface area contributed by atoms with Crippen LogP contribution in [0.5, 0.6) is 0 Å². The fourth-order valence-corrected chi connectivity index (χ4v) is 1.35. The smallest absolute Gasteiger partial charge is 0.366 e. The minimum atomic E-state index is -5.14. The fourth-order valence-electron chi connectivity index (χ4n) is 1.35. The number of rotatable bonds is 2. The Morgan fingerprint density at radius 1 is 1.44 bits per heavy atom. The van der Waals surface area contributed by atoms with Gasteiger partial charge in [0.15, 0.2) is 5.56 Å². The largest absolute Gasteiger partial charge is 0.424 e. The SMILES string of the molecule is N#Cc1c(C(N)=O)ccc([N+](=O)[O-])c1C(F)(F)F. The summed E-state index contributed by atoms with van der Waals surface area (Å²) in [6.07, 6.45) is -5.14. The van der Waals surface area contributed by atoms with Gasteiger partial charge in [-0.15, -0.1) is 0 Å². The van der Waals surface area contributed by atoms with Crippen LogP contribution in [0.15, 0.2) is 12.1 Å². The summed E-state index contributed by atoms with van der Waals surface area (Å²) in [4.78, 5) is 20.1. The highest BCUT2D eigenvalue weighted by Gasteiger charge is 2.42. The first kappa shape index (κ1) is 13.4. The van der Waals surface area contributed by atoms with E-state index in [1.807, 2.05) is 0 Å². The first-order chi connectivity index (χ1) is 8.20. The van der Waals surface area contributed by atoms with Gasteiger partial charge in [-0.25, -0.2) is 0 Å². The molecule has 9 heteroatoms. The number of alkyl halides is 3. The van der Waals surface area contributed by atoms with Crippen LogP contribution in [-0.4, -0.2) is 10.8 Å². The Kier molecular flexibility index (Phi) is 3.23. The molecule has 18 heavy (non-hydrogen) atoms. The van der Waals surface area contributed by atoms with Gasteiger partial charge in [0, 0.05) is 6.07 Å². The van der Waals surface area contributed by atoms with Gasteiger partial charge in [0.05, 0.1) is 16.1 Å². The number of nitrogens with two attached hydrogens (primary N) is 1. The molecule has 0 saturated carbocycles. The number of hydrogen-bond acceptors (Lipinski definition) is 4. The monoisotopic (exact) mass is 259 g/mol. The third-order valence-corrected chi connectivity index (χ3v) is 2.04. The Balaban J connectivity index is 3.80. The number of halogens is 3. The van der Waals surface area contributed by atoms with Crippen LogP contribution in [0, 0.1) is 21.4 Å². The van der Waals surface area contributed by atoms with Crippen molar-refractivity contribution in [3.8, 4) is 6.07 Å². The lowest BCUT2D eigenvalue weighted by Gasteiger charge is -2.11. The second-order valence-corrected chi connectivity index (χ2v) is 3.11. The van der Waals surface area contributed by atoms with E-state index in [2.05, 4.69) is 0 Å². The normalized spacial score (nSPS) is 10.8. The number of carbonyl (C=O) groups excluding carboxylic acids is 1. The fraction of sp³-hybridized carbons (Fsp3) is 0.111. The average molecular weight is 259 g/mol. The second kappa shape index (κ2) is 4.33. The Hall–Kier alpha value is -2.63. The molecule has 2 N–H and O–H groups in total. The quantitative estimate of drug-likeness (QED) is 0.642. The van der Waals surface area contributed by atoms with Gasteiger partial charge in [0.25, 0.3) is 5.69 Å². The molecule has 6 nitrogen and oxygen atoms in total. The van der Waals surface area contributed by atoms with Crippen LogP contribution in [0.4, 0.5) is 18.9 Å². The molecule has 94 valence electrons. The standard InChI is InChI=1S/C9H4F3N3O3/c10-9(11,12)7-5(3-13)4(8(14)16)1-2-6(7)15(17)18/h1-2H,(H2,14,16). The summed E-state index contributed by atoms with van der Waals surface area (Å²) in [5.41, 5.74) is -0.134. The van der Waals surface area contributed by atoms with Crippen LogP contribution in [0.2, 0.25) is 0 Å². The number of hydrogen-bond donors (Lipinski definition) is 1. The van der Waals surface area contributed by atoms with E-state index < -0.39 is 39.4 Å². The van der Waals surface area contributed by atoms with Crippen molar-refractivity contribution in [1.82, 2.24) is 0 Å². The van der Waals surface area contributed by atoms with E-state index in [0.29, 0.717) is 12.1 Å². The molecular formula is C9H4F3N3O3. The highest BCUT2D eigenvalue weighted by Crippen LogP contribution is 2.39. The van der Waals surface area contributed by atoms with Crippen LogP contribution < -0.4 is 5.73 Å². The lowest BCUT2D eigenvalue weighted by atomic mass is 9.99. The Morgan fingerprint density at radius 3 is 2.33 bits per heavy atom. The maximum absolute atomic E-state index is 12.7. The molecule has 0 aliphatic rings. The second-order valence-electron chi connectivity index (χ2n) is 3.11. The number of carbonyl (C=O) groups is 1. The molecule has 0 bridgehead atoms. The molecular weight excluding hydrogens is 255 g/mol. The summed E-state index contributed by atoms with van der Waals surface area (Å²) in [5.74, 6) is -1.27. The van der Waals surface area contributed by atoms with Crippen molar-refractivity contribution in [3.05, 3.63) is 38.9 Å². The number of primary amides is 1. The summed E-state index contributed by atoms with van der Waals surface area (Å²) in [7, 11) is 0. The van der Waals surface area contributed by atoms with Crippen LogP contribution >= 0.6 is 0 Å². The minimum Gasteiger partial charge on any atom is -0.366 e. The molecule has 0 unspecified atom stereocenters. The summed E-state index contributed by atoms with van der Waals surface area (Å²) >= 11 is 0. The molecule has 1 aromatic carbocycles. The average Bonchev–Trinajstić information content (AvgIpc) is 2.25. The molecule has 0 aliphatic heterocycles. The maximum atomic E-state index is 12.7. The van der Waals surface area contributed by atoms with Crippen molar-refractivity contribution in [2.24, 2.45) is 5.73 Å². The first-order valence-electron chi connectivity index (χ1n) is 4.28. The summed E-state index contributed by atoms with van der Waals surface area (Å²) in [6.45, 7) is 0. The maximum Gasteiger partial charge on any atom is 0.424 e. The van der Waals surface area contributed by atoms with E-state index in [4.69, 9.17) is 11.0 Å². The van der Waals surface area contributed by atoms with Gasteiger partial charge in [-0.05, 0) is 6.07 Å². The first-order valence-corrected chi connectivity index (χ1v) is 4.28. The number of nitro groups is 1. The topological polar surface area (TPSA) is 110 Å². The summed E-state index contributed by atoms with van der Waals surface area (Å²) in [6, 6.07) is 2.33. The Morgan fingerprint density at radius 2 is 2.00 bits per heavy atom.